The zero-order valence-electron chi connectivity index (χ0n) is 11.4. The second kappa shape index (κ2) is 4.72. The van der Waals surface area contributed by atoms with Crippen molar-refractivity contribution >= 4 is 11.5 Å². The van der Waals surface area contributed by atoms with Crippen molar-refractivity contribution in [2.75, 3.05) is 30.1 Å². The van der Waals surface area contributed by atoms with Gasteiger partial charge >= 0.3 is 0 Å². The highest BCUT2D eigenvalue weighted by atomic mass is 16.5. The van der Waals surface area contributed by atoms with Crippen LogP contribution in [0.25, 0.3) is 0 Å². The van der Waals surface area contributed by atoms with Gasteiger partial charge in [-0.15, -0.1) is 0 Å². The molecule has 3 atom stereocenters. The molecule has 8 heteroatoms. The van der Waals surface area contributed by atoms with E-state index in [0.29, 0.717) is 18.8 Å². The number of ether oxygens (including phenoxy) is 1. The molecule has 1 aromatic heterocycles. The topological polar surface area (TPSA) is 91.1 Å². The molecule has 8 nitrogen and oxygen atoms in total. The molecular formula is C12H18N4O4. The number of rotatable bonds is 2. The summed E-state index contributed by atoms with van der Waals surface area (Å²) < 4.78 is 7.44. The Morgan fingerprint density at radius 2 is 2.25 bits per heavy atom. The lowest BCUT2D eigenvalue weighted by Gasteiger charge is -2.27. The molecule has 2 aliphatic rings. The predicted molar refractivity (Wildman–Crippen MR) is 71.6 cm³/mol. The van der Waals surface area contributed by atoms with Gasteiger partial charge in [-0.25, -0.2) is 0 Å². The molecule has 1 aromatic rings. The number of nitrogens with zero attached hydrogens (tertiary/aromatic N) is 4. The molecule has 2 N–H and O–H groups in total. The minimum Gasteiger partial charge on any atom is -0.394 e. The molecule has 0 saturated carbocycles. The van der Waals surface area contributed by atoms with E-state index < -0.39 is 12.2 Å². The minimum absolute atomic E-state index is 0.219. The van der Waals surface area contributed by atoms with Crippen LogP contribution in [-0.2, 0) is 11.8 Å². The quantitative estimate of drug-likeness (QED) is 0.679. The van der Waals surface area contributed by atoms with Gasteiger partial charge in [0.15, 0.2) is 0 Å². The van der Waals surface area contributed by atoms with Gasteiger partial charge in [-0.2, -0.15) is 4.98 Å². The molecule has 1 saturated heterocycles. The maximum Gasteiger partial charge on any atom is 0.298 e. The molecule has 3 rings (SSSR count). The molecule has 0 amide bonds. The summed E-state index contributed by atoms with van der Waals surface area (Å²) in [6, 6.07) is 0. The first-order chi connectivity index (χ1) is 9.52. The summed E-state index contributed by atoms with van der Waals surface area (Å²) in [6.07, 6.45) is 0.238. The van der Waals surface area contributed by atoms with Gasteiger partial charge in [0.2, 0.25) is 0 Å². The van der Waals surface area contributed by atoms with Crippen molar-refractivity contribution < 1.29 is 14.9 Å². The fraction of sp³-hybridized carbons (Fsp3) is 0.667. The van der Waals surface area contributed by atoms with Gasteiger partial charge in [0, 0.05) is 20.5 Å². The van der Waals surface area contributed by atoms with Crippen molar-refractivity contribution in [2.24, 2.45) is 7.05 Å². The molecule has 0 aromatic carbocycles. The van der Waals surface area contributed by atoms with E-state index in [9.17, 15) is 9.90 Å². The van der Waals surface area contributed by atoms with Gasteiger partial charge in [0.1, 0.15) is 30.2 Å². The molecule has 0 radical (unpaired) electrons. The van der Waals surface area contributed by atoms with Gasteiger partial charge in [-0.05, 0) is 0 Å². The smallest absolute Gasteiger partial charge is 0.298 e. The van der Waals surface area contributed by atoms with E-state index in [1.807, 2.05) is 23.9 Å². The van der Waals surface area contributed by atoms with Crippen LogP contribution in [0.15, 0.2) is 11.1 Å². The van der Waals surface area contributed by atoms with Crippen molar-refractivity contribution in [1.29, 1.82) is 0 Å². The molecule has 110 valence electrons. The standard InChI is InChI=1S/C12H18N4O4/c1-14-5-13-11(19)10-12(14)16(6-15(10)2)9-3-7(18)8(4-17)20-9/h5,7-9,17-18H,3-4,6H2,1-2H3/t7-,8+,9+/m0/s1. The first kappa shape index (κ1) is 13.3. The van der Waals surface area contributed by atoms with Crippen LogP contribution in [0, 0.1) is 0 Å². The third-order valence-electron chi connectivity index (χ3n) is 3.85. The number of fused-ring (bicyclic) bond motifs is 1. The van der Waals surface area contributed by atoms with Crippen LogP contribution in [-0.4, -0.2) is 58.5 Å². The van der Waals surface area contributed by atoms with Gasteiger partial charge in [0.25, 0.3) is 5.56 Å². The Morgan fingerprint density at radius 3 is 2.90 bits per heavy atom. The fourth-order valence-electron chi connectivity index (χ4n) is 2.86. The highest BCUT2D eigenvalue weighted by Gasteiger charge is 2.41. The molecule has 2 aliphatic heterocycles. The number of hydrogen-bond acceptors (Lipinski definition) is 7. The van der Waals surface area contributed by atoms with Gasteiger partial charge in [0.05, 0.1) is 19.4 Å². The van der Waals surface area contributed by atoms with Gasteiger partial charge < -0.3 is 29.3 Å². The maximum atomic E-state index is 11.9. The van der Waals surface area contributed by atoms with Crippen LogP contribution in [0.2, 0.25) is 0 Å². The largest absolute Gasteiger partial charge is 0.394 e. The molecule has 1 fully saturated rings. The van der Waals surface area contributed by atoms with E-state index >= 15 is 0 Å². The number of aliphatic hydroxyl groups is 2. The van der Waals surface area contributed by atoms with E-state index in [0.717, 1.165) is 5.82 Å². The maximum absolute atomic E-state index is 11.9. The summed E-state index contributed by atoms with van der Waals surface area (Å²) in [4.78, 5) is 19.4. The van der Waals surface area contributed by atoms with Crippen LogP contribution in [0.3, 0.4) is 0 Å². The van der Waals surface area contributed by atoms with Crippen LogP contribution < -0.4 is 15.4 Å². The normalized spacial score (nSPS) is 29.1. The van der Waals surface area contributed by atoms with Crippen molar-refractivity contribution in [2.45, 2.75) is 24.9 Å². The minimum atomic E-state index is -0.696. The zero-order valence-corrected chi connectivity index (χ0v) is 11.4. The van der Waals surface area contributed by atoms with Crippen LogP contribution in [0.5, 0.6) is 0 Å². The predicted octanol–water partition coefficient (Wildman–Crippen LogP) is -1.54. The number of anilines is 2. The second-order valence-electron chi connectivity index (χ2n) is 5.26. The van der Waals surface area contributed by atoms with Gasteiger partial charge in [-0.3, -0.25) is 4.79 Å². The second-order valence-corrected chi connectivity index (χ2v) is 5.26. The molecular weight excluding hydrogens is 264 g/mol. The zero-order chi connectivity index (χ0) is 14.4. The Bertz CT molecular complexity index is 575. The van der Waals surface area contributed by atoms with Gasteiger partial charge in [-0.1, -0.05) is 0 Å². The van der Waals surface area contributed by atoms with Crippen LogP contribution in [0.1, 0.15) is 6.42 Å². The summed E-state index contributed by atoms with van der Waals surface area (Å²) in [6.45, 7) is 0.267. The van der Waals surface area contributed by atoms with E-state index in [1.54, 1.807) is 4.57 Å². The summed E-state index contributed by atoms with van der Waals surface area (Å²) >= 11 is 0. The Hall–Kier alpha value is -1.64. The van der Waals surface area contributed by atoms with Crippen LogP contribution >= 0.6 is 0 Å². The lowest BCUT2D eigenvalue weighted by Crippen LogP contribution is -2.38. The van der Waals surface area contributed by atoms with E-state index in [2.05, 4.69) is 4.98 Å². The Kier molecular flexibility index (Phi) is 3.15. The van der Waals surface area contributed by atoms with E-state index in [-0.39, 0.29) is 18.4 Å². The number of aryl methyl sites for hydroxylation is 1. The first-order valence-electron chi connectivity index (χ1n) is 6.50. The first-order valence-corrected chi connectivity index (χ1v) is 6.50. The molecule has 0 spiro atoms. The monoisotopic (exact) mass is 282 g/mol. The van der Waals surface area contributed by atoms with Crippen molar-refractivity contribution in [1.82, 2.24) is 9.55 Å². The van der Waals surface area contributed by atoms with Crippen LogP contribution in [0.4, 0.5) is 11.5 Å². The lowest BCUT2D eigenvalue weighted by atomic mass is 10.2. The summed E-state index contributed by atoms with van der Waals surface area (Å²) in [5.74, 6) is 0.725. The Balaban J connectivity index is 1.96. The fourth-order valence-corrected chi connectivity index (χ4v) is 2.86. The summed E-state index contributed by atoms with van der Waals surface area (Å²) in [7, 11) is 3.63. The Morgan fingerprint density at radius 1 is 1.50 bits per heavy atom. The number of aliphatic hydroxyl groups excluding tert-OH is 2. The Labute approximate surface area is 115 Å². The van der Waals surface area contributed by atoms with Crippen molar-refractivity contribution in [3.05, 3.63) is 16.7 Å². The lowest BCUT2D eigenvalue weighted by molar-refractivity contribution is -0.0221. The number of aromatic nitrogens is 2. The molecule has 0 bridgehead atoms. The molecule has 3 heterocycles. The third-order valence-corrected chi connectivity index (χ3v) is 3.85. The molecule has 20 heavy (non-hydrogen) atoms. The summed E-state index contributed by atoms with van der Waals surface area (Å²) in [5.41, 5.74) is 0.251. The summed E-state index contributed by atoms with van der Waals surface area (Å²) in [5, 5.41) is 19.0. The highest BCUT2D eigenvalue weighted by molar-refractivity contribution is 5.71. The highest BCUT2D eigenvalue weighted by Crippen LogP contribution is 2.36. The van der Waals surface area contributed by atoms with E-state index in [1.165, 1.54) is 6.33 Å². The average molecular weight is 282 g/mol. The van der Waals surface area contributed by atoms with Crippen molar-refractivity contribution in [3.63, 3.8) is 0 Å². The number of hydrogen-bond donors (Lipinski definition) is 2. The molecule has 0 unspecified atom stereocenters. The average Bonchev–Trinajstić information content (AvgIpc) is 2.95. The third kappa shape index (κ3) is 1.88. The van der Waals surface area contributed by atoms with Crippen molar-refractivity contribution in [3.8, 4) is 0 Å². The SMILES string of the molecule is CN1CN([C@H]2C[C@H](O)[C@@H](CO)O2)c2c1c(=O)ncn2C. The van der Waals surface area contributed by atoms with E-state index in [4.69, 9.17) is 9.84 Å². The molecule has 0 aliphatic carbocycles.